The molecule has 1 N–H and O–H groups in total. The lowest BCUT2D eigenvalue weighted by Crippen LogP contribution is -2.19. The van der Waals surface area contributed by atoms with Crippen molar-refractivity contribution in [1.29, 1.82) is 0 Å². The van der Waals surface area contributed by atoms with Gasteiger partial charge in [0.15, 0.2) is 0 Å². The molecule has 2 aromatic rings. The summed E-state index contributed by atoms with van der Waals surface area (Å²) in [4.78, 5) is 0. The van der Waals surface area contributed by atoms with E-state index in [0.717, 1.165) is 13.1 Å². The molecule has 0 fully saturated rings. The van der Waals surface area contributed by atoms with E-state index >= 15 is 0 Å². The Bertz CT molecular complexity index is 417. The summed E-state index contributed by atoms with van der Waals surface area (Å²) >= 11 is 1.77. The fraction of sp³-hybridized carbons (Fsp3) is 0.385. The Kier molecular flexibility index (Phi) is 3.80. The van der Waals surface area contributed by atoms with Crippen molar-refractivity contribution >= 4 is 11.3 Å². The first-order chi connectivity index (χ1) is 7.75. The van der Waals surface area contributed by atoms with Gasteiger partial charge in [-0.25, -0.2) is 0 Å². The highest BCUT2D eigenvalue weighted by atomic mass is 32.1. The summed E-state index contributed by atoms with van der Waals surface area (Å²) in [5.74, 6) is 0.593. The van der Waals surface area contributed by atoms with Crippen LogP contribution in [0.4, 0.5) is 0 Å². The third kappa shape index (κ3) is 2.97. The molecule has 2 aromatic heterocycles. The van der Waals surface area contributed by atoms with Crippen LogP contribution in [0.5, 0.6) is 0 Å². The minimum atomic E-state index is 0.593. The van der Waals surface area contributed by atoms with E-state index in [-0.39, 0.29) is 0 Å². The van der Waals surface area contributed by atoms with Crippen LogP contribution in [0, 0.1) is 0 Å². The first-order valence-corrected chi connectivity index (χ1v) is 6.53. The quantitative estimate of drug-likeness (QED) is 0.841. The van der Waals surface area contributed by atoms with E-state index < -0.39 is 0 Å². The van der Waals surface area contributed by atoms with Gasteiger partial charge in [0, 0.05) is 32.5 Å². The van der Waals surface area contributed by atoms with Crippen LogP contribution in [0.1, 0.15) is 24.0 Å². The number of nitrogens with one attached hydrogen (secondary N) is 1. The molecule has 86 valence electrons. The van der Waals surface area contributed by atoms with E-state index in [1.165, 1.54) is 11.1 Å². The monoisotopic (exact) mass is 234 g/mol. The minimum absolute atomic E-state index is 0.593. The van der Waals surface area contributed by atoms with Crippen molar-refractivity contribution < 1.29 is 0 Å². The van der Waals surface area contributed by atoms with Crippen LogP contribution in [-0.2, 0) is 13.6 Å². The lowest BCUT2D eigenvalue weighted by Gasteiger charge is -2.10. The van der Waals surface area contributed by atoms with Gasteiger partial charge in [-0.15, -0.1) is 0 Å². The van der Waals surface area contributed by atoms with E-state index in [4.69, 9.17) is 0 Å². The summed E-state index contributed by atoms with van der Waals surface area (Å²) in [6.07, 6.45) is 4.24. The average molecular weight is 234 g/mol. The zero-order chi connectivity index (χ0) is 11.4. The standard InChI is InChI=1S/C13H18N2S/c1-11(13-4-6-16-10-13)7-14-8-12-3-5-15(2)9-12/h3-6,9-11,14H,7-8H2,1-2H3. The highest BCUT2D eigenvalue weighted by Crippen LogP contribution is 2.17. The molecule has 2 rings (SSSR count). The number of aromatic nitrogens is 1. The van der Waals surface area contributed by atoms with Crippen LogP contribution < -0.4 is 5.32 Å². The molecule has 0 aliphatic carbocycles. The van der Waals surface area contributed by atoms with Gasteiger partial charge in [0.1, 0.15) is 0 Å². The predicted molar refractivity (Wildman–Crippen MR) is 69.9 cm³/mol. The smallest absolute Gasteiger partial charge is 0.0220 e. The van der Waals surface area contributed by atoms with Crippen LogP contribution in [0.2, 0.25) is 0 Å². The van der Waals surface area contributed by atoms with Crippen molar-refractivity contribution in [2.75, 3.05) is 6.54 Å². The van der Waals surface area contributed by atoms with Gasteiger partial charge < -0.3 is 9.88 Å². The highest BCUT2D eigenvalue weighted by Gasteiger charge is 2.05. The third-order valence-corrected chi connectivity index (χ3v) is 3.49. The molecule has 0 aliphatic heterocycles. The van der Waals surface area contributed by atoms with Crippen LogP contribution in [-0.4, -0.2) is 11.1 Å². The van der Waals surface area contributed by atoms with Crippen LogP contribution in [0.25, 0.3) is 0 Å². The number of thiophene rings is 1. The van der Waals surface area contributed by atoms with Gasteiger partial charge >= 0.3 is 0 Å². The summed E-state index contributed by atoms with van der Waals surface area (Å²) in [5.41, 5.74) is 2.78. The van der Waals surface area contributed by atoms with Crippen LogP contribution in [0.3, 0.4) is 0 Å². The lowest BCUT2D eigenvalue weighted by molar-refractivity contribution is 0.616. The maximum atomic E-state index is 3.49. The zero-order valence-corrected chi connectivity index (χ0v) is 10.6. The second-order valence-corrected chi connectivity index (χ2v) is 5.05. The largest absolute Gasteiger partial charge is 0.357 e. The van der Waals surface area contributed by atoms with Crippen LogP contribution >= 0.6 is 11.3 Å². The summed E-state index contributed by atoms with van der Waals surface area (Å²) in [6.45, 7) is 4.25. The normalized spacial score (nSPS) is 12.9. The van der Waals surface area contributed by atoms with Gasteiger partial charge in [-0.05, 0) is 39.9 Å². The molecule has 0 saturated heterocycles. The molecule has 2 nitrogen and oxygen atoms in total. The number of nitrogens with zero attached hydrogens (tertiary/aromatic N) is 1. The maximum absolute atomic E-state index is 3.49. The molecular formula is C13H18N2S. The van der Waals surface area contributed by atoms with Crippen molar-refractivity contribution in [3.8, 4) is 0 Å². The molecule has 0 spiro atoms. The second-order valence-electron chi connectivity index (χ2n) is 4.27. The van der Waals surface area contributed by atoms with Crippen molar-refractivity contribution in [2.45, 2.75) is 19.4 Å². The molecule has 1 atom stereocenters. The van der Waals surface area contributed by atoms with Gasteiger partial charge in [0.05, 0.1) is 0 Å². The van der Waals surface area contributed by atoms with Gasteiger partial charge in [0.25, 0.3) is 0 Å². The van der Waals surface area contributed by atoms with E-state index in [0.29, 0.717) is 5.92 Å². The second kappa shape index (κ2) is 5.32. The zero-order valence-electron chi connectivity index (χ0n) is 9.81. The molecule has 0 aromatic carbocycles. The van der Waals surface area contributed by atoms with Gasteiger partial charge in [0.2, 0.25) is 0 Å². The minimum Gasteiger partial charge on any atom is -0.357 e. The molecule has 1 unspecified atom stereocenters. The molecule has 16 heavy (non-hydrogen) atoms. The highest BCUT2D eigenvalue weighted by molar-refractivity contribution is 7.07. The topological polar surface area (TPSA) is 17.0 Å². The van der Waals surface area contributed by atoms with Gasteiger partial charge in [-0.3, -0.25) is 0 Å². The third-order valence-electron chi connectivity index (χ3n) is 2.79. The van der Waals surface area contributed by atoms with Crippen molar-refractivity contribution in [1.82, 2.24) is 9.88 Å². The molecule has 0 aliphatic rings. The van der Waals surface area contributed by atoms with Crippen molar-refractivity contribution in [2.24, 2.45) is 7.05 Å². The van der Waals surface area contributed by atoms with Crippen molar-refractivity contribution in [3.63, 3.8) is 0 Å². The molecule has 3 heteroatoms. The molecule has 2 heterocycles. The Morgan fingerprint density at radius 2 is 2.31 bits per heavy atom. The van der Waals surface area contributed by atoms with E-state index in [2.05, 4.69) is 59.1 Å². The Labute approximate surface area is 101 Å². The summed E-state index contributed by atoms with van der Waals surface area (Å²) < 4.78 is 2.08. The fourth-order valence-electron chi connectivity index (χ4n) is 1.77. The molecule has 0 bridgehead atoms. The lowest BCUT2D eigenvalue weighted by atomic mass is 10.1. The Balaban J connectivity index is 1.76. The molecule has 0 amide bonds. The van der Waals surface area contributed by atoms with Gasteiger partial charge in [-0.1, -0.05) is 6.92 Å². The van der Waals surface area contributed by atoms with Gasteiger partial charge in [-0.2, -0.15) is 11.3 Å². The van der Waals surface area contributed by atoms with E-state index in [1.807, 2.05) is 0 Å². The first kappa shape index (κ1) is 11.4. The molecular weight excluding hydrogens is 216 g/mol. The maximum Gasteiger partial charge on any atom is 0.0220 e. The van der Waals surface area contributed by atoms with E-state index in [9.17, 15) is 0 Å². The van der Waals surface area contributed by atoms with E-state index in [1.54, 1.807) is 11.3 Å². The van der Waals surface area contributed by atoms with Crippen molar-refractivity contribution in [3.05, 3.63) is 46.4 Å². The average Bonchev–Trinajstić information content (AvgIpc) is 2.89. The first-order valence-electron chi connectivity index (χ1n) is 5.59. The number of aryl methyl sites for hydroxylation is 1. The Morgan fingerprint density at radius 1 is 1.44 bits per heavy atom. The fourth-order valence-corrected chi connectivity index (χ4v) is 2.55. The summed E-state index contributed by atoms with van der Waals surface area (Å²) in [5, 5.41) is 7.87. The summed E-state index contributed by atoms with van der Waals surface area (Å²) in [6, 6.07) is 4.36. The number of hydrogen-bond acceptors (Lipinski definition) is 2. The molecule has 0 saturated carbocycles. The molecule has 0 radical (unpaired) electrons. The van der Waals surface area contributed by atoms with Crippen LogP contribution in [0.15, 0.2) is 35.3 Å². The SMILES string of the molecule is CC(CNCc1ccn(C)c1)c1ccsc1. The predicted octanol–water partition coefficient (Wildman–Crippen LogP) is 2.98. The number of rotatable bonds is 5. The Morgan fingerprint density at radius 3 is 2.94 bits per heavy atom. The summed E-state index contributed by atoms with van der Waals surface area (Å²) in [7, 11) is 2.05. The number of hydrogen-bond donors (Lipinski definition) is 1. The Hall–Kier alpha value is -1.06.